The van der Waals surface area contributed by atoms with Crippen molar-refractivity contribution < 1.29 is 14.0 Å². The quantitative estimate of drug-likeness (QED) is 0.464. The van der Waals surface area contributed by atoms with Crippen molar-refractivity contribution in [3.63, 3.8) is 0 Å². The topological polar surface area (TPSA) is 30.9 Å². The van der Waals surface area contributed by atoms with Crippen LogP contribution in [0.2, 0.25) is 0 Å². The fourth-order valence-corrected chi connectivity index (χ4v) is 6.13. The van der Waals surface area contributed by atoms with Crippen LogP contribution in [0.15, 0.2) is 35.2 Å². The molecule has 1 saturated carbocycles. The van der Waals surface area contributed by atoms with Crippen molar-refractivity contribution >= 4 is 12.0 Å². The predicted octanol–water partition coefficient (Wildman–Crippen LogP) is 4.16. The molecule has 0 amide bonds. The van der Waals surface area contributed by atoms with Gasteiger partial charge in [0.1, 0.15) is 12.3 Å². The van der Waals surface area contributed by atoms with Gasteiger partial charge in [-0.1, -0.05) is 31.0 Å². The molecule has 5 heteroatoms. The lowest BCUT2D eigenvalue weighted by atomic mass is 9.67. The first-order valence-electron chi connectivity index (χ1n) is 9.32. The summed E-state index contributed by atoms with van der Waals surface area (Å²) in [6, 6.07) is 10.5. The molecule has 4 fully saturated rings. The molecule has 3 aliphatic heterocycles. The van der Waals surface area contributed by atoms with Gasteiger partial charge in [0.15, 0.2) is 0 Å². The number of hydrogen-bond donors (Lipinski definition) is 0. The predicted molar refractivity (Wildman–Crippen MR) is 92.2 cm³/mol. The van der Waals surface area contributed by atoms with Gasteiger partial charge >= 0.3 is 0 Å². The van der Waals surface area contributed by atoms with Crippen LogP contribution in [0.3, 0.4) is 0 Å². The number of hydrogen-bond acceptors (Lipinski definition) is 5. The number of rotatable bonds is 4. The maximum Gasteiger partial charge on any atom is 0.114 e. The fraction of sp³-hybridized carbons (Fsp3) is 0.684. The number of benzene rings is 1. The Morgan fingerprint density at radius 1 is 1.12 bits per heavy atom. The standard InChI is InChI=1S/C19H25NO3S/c1-2-7-15(8-3-1)24-23-22-17-12-19-11-5-4-6-14(19)9-10-18-20(19)16(17)13-21-18/h1-3,7-8,14,16-18H,4-6,9-13H2/t14-,16-,17+,18+,19-/m0/s1. The molecular formula is C19H25NO3S. The highest BCUT2D eigenvalue weighted by Crippen LogP contribution is 2.56. The van der Waals surface area contributed by atoms with E-state index < -0.39 is 0 Å². The summed E-state index contributed by atoms with van der Waals surface area (Å²) in [7, 11) is 0. The zero-order valence-electron chi connectivity index (χ0n) is 13.9. The van der Waals surface area contributed by atoms with E-state index in [2.05, 4.69) is 4.90 Å². The SMILES string of the molecule is c1ccc(SOO[C@@H]2C[C@@]34CCCC[C@H]3CC[C@H]3OC[C@@H]2N34)cc1. The van der Waals surface area contributed by atoms with Crippen molar-refractivity contribution in [2.24, 2.45) is 5.92 Å². The molecule has 5 rings (SSSR count). The fourth-order valence-electron chi connectivity index (χ4n) is 5.64. The Labute approximate surface area is 148 Å². The van der Waals surface area contributed by atoms with E-state index >= 15 is 0 Å². The lowest BCUT2D eigenvalue weighted by molar-refractivity contribution is -0.235. The van der Waals surface area contributed by atoms with Gasteiger partial charge in [-0.2, -0.15) is 4.33 Å². The van der Waals surface area contributed by atoms with Crippen LogP contribution < -0.4 is 0 Å². The second kappa shape index (κ2) is 6.29. The Hall–Kier alpha value is -0.590. The molecule has 4 aliphatic rings. The highest BCUT2D eigenvalue weighted by Gasteiger charge is 2.63. The van der Waals surface area contributed by atoms with Crippen LogP contribution in [0.1, 0.15) is 44.9 Å². The van der Waals surface area contributed by atoms with Gasteiger partial charge < -0.3 is 4.74 Å². The molecule has 130 valence electrons. The van der Waals surface area contributed by atoms with Crippen LogP contribution in [-0.4, -0.2) is 35.4 Å². The molecule has 0 N–H and O–H groups in total. The number of nitrogens with zero attached hydrogens (tertiary/aromatic N) is 1. The van der Waals surface area contributed by atoms with Crippen molar-refractivity contribution in [3.05, 3.63) is 30.3 Å². The molecule has 0 radical (unpaired) electrons. The van der Waals surface area contributed by atoms with Gasteiger partial charge in [-0.05, 0) is 50.2 Å². The van der Waals surface area contributed by atoms with Crippen molar-refractivity contribution in [1.82, 2.24) is 4.90 Å². The van der Waals surface area contributed by atoms with Crippen molar-refractivity contribution in [2.75, 3.05) is 6.61 Å². The van der Waals surface area contributed by atoms with Crippen molar-refractivity contribution in [3.8, 4) is 0 Å². The maximum atomic E-state index is 6.11. The Kier molecular flexibility index (Phi) is 4.10. The summed E-state index contributed by atoms with van der Waals surface area (Å²) in [5.74, 6) is 0.821. The average Bonchev–Trinajstić information content (AvgIpc) is 3.19. The highest BCUT2D eigenvalue weighted by atomic mass is 32.2. The average molecular weight is 347 g/mol. The second-order valence-electron chi connectivity index (χ2n) is 7.69. The molecule has 0 aromatic heterocycles. The molecule has 1 spiro atoms. The van der Waals surface area contributed by atoms with Crippen LogP contribution >= 0.6 is 12.0 Å². The third-order valence-corrected chi connectivity index (χ3v) is 7.21. The molecule has 0 unspecified atom stereocenters. The molecule has 1 aliphatic carbocycles. The van der Waals surface area contributed by atoms with Gasteiger partial charge in [-0.25, -0.2) is 4.89 Å². The largest absolute Gasteiger partial charge is 0.361 e. The summed E-state index contributed by atoms with van der Waals surface area (Å²) in [5, 5.41) is 0. The van der Waals surface area contributed by atoms with Gasteiger partial charge in [-0.3, -0.25) is 4.90 Å². The lowest BCUT2D eigenvalue weighted by Gasteiger charge is -2.52. The first kappa shape index (κ1) is 15.6. The van der Waals surface area contributed by atoms with Crippen LogP contribution in [0.4, 0.5) is 0 Å². The monoisotopic (exact) mass is 347 g/mol. The van der Waals surface area contributed by atoms with Crippen molar-refractivity contribution in [1.29, 1.82) is 0 Å². The number of ether oxygens (including phenoxy) is 1. The first-order chi connectivity index (χ1) is 11.9. The Morgan fingerprint density at radius 3 is 2.96 bits per heavy atom. The van der Waals surface area contributed by atoms with E-state index in [1.54, 1.807) is 0 Å². The lowest BCUT2D eigenvalue weighted by Crippen LogP contribution is -2.58. The first-order valence-corrected chi connectivity index (χ1v) is 10.1. The van der Waals surface area contributed by atoms with Gasteiger partial charge in [0.05, 0.1) is 24.7 Å². The Bertz CT molecular complexity index is 585. The highest BCUT2D eigenvalue weighted by molar-refractivity contribution is 7.94. The summed E-state index contributed by atoms with van der Waals surface area (Å²) in [5.41, 5.74) is 0.313. The summed E-state index contributed by atoms with van der Waals surface area (Å²) in [6.07, 6.45) is 9.49. The summed E-state index contributed by atoms with van der Waals surface area (Å²) >= 11 is 1.31. The Balaban J connectivity index is 1.30. The molecule has 1 aromatic rings. The summed E-state index contributed by atoms with van der Waals surface area (Å²) in [6.45, 7) is 0.795. The molecule has 5 atom stereocenters. The summed E-state index contributed by atoms with van der Waals surface area (Å²) < 4.78 is 11.7. The van der Waals surface area contributed by atoms with Crippen LogP contribution in [0, 0.1) is 5.92 Å². The van der Waals surface area contributed by atoms with Gasteiger partial charge in [0, 0.05) is 10.4 Å². The molecule has 1 aromatic carbocycles. The van der Waals surface area contributed by atoms with Crippen LogP contribution in [0.25, 0.3) is 0 Å². The molecule has 4 nitrogen and oxygen atoms in total. The van der Waals surface area contributed by atoms with E-state index in [4.69, 9.17) is 14.0 Å². The zero-order chi connectivity index (χ0) is 16.0. The van der Waals surface area contributed by atoms with Gasteiger partial charge in [0.25, 0.3) is 0 Å². The minimum absolute atomic E-state index is 0.130. The third kappa shape index (κ3) is 2.44. The van der Waals surface area contributed by atoms with Gasteiger partial charge in [-0.15, -0.1) is 0 Å². The summed E-state index contributed by atoms with van der Waals surface area (Å²) in [4.78, 5) is 9.68. The van der Waals surface area contributed by atoms with E-state index in [1.807, 2.05) is 30.3 Å². The maximum absolute atomic E-state index is 6.11. The van der Waals surface area contributed by atoms with E-state index in [1.165, 1.54) is 50.6 Å². The van der Waals surface area contributed by atoms with Crippen LogP contribution in [-0.2, 0) is 14.0 Å². The van der Waals surface area contributed by atoms with E-state index in [-0.39, 0.29) is 6.10 Å². The van der Waals surface area contributed by atoms with E-state index in [9.17, 15) is 0 Å². The molecular weight excluding hydrogens is 322 g/mol. The zero-order valence-corrected chi connectivity index (χ0v) is 14.7. The van der Waals surface area contributed by atoms with E-state index in [0.717, 1.165) is 23.8 Å². The smallest absolute Gasteiger partial charge is 0.114 e. The molecule has 3 saturated heterocycles. The molecule has 24 heavy (non-hydrogen) atoms. The second-order valence-corrected chi connectivity index (χ2v) is 8.46. The van der Waals surface area contributed by atoms with Crippen LogP contribution in [0.5, 0.6) is 0 Å². The normalized spacial score (nSPS) is 41.2. The minimum Gasteiger partial charge on any atom is -0.361 e. The van der Waals surface area contributed by atoms with Gasteiger partial charge in [0.2, 0.25) is 0 Å². The molecule has 0 bridgehead atoms. The third-order valence-electron chi connectivity index (χ3n) is 6.60. The number of piperidine rings is 1. The van der Waals surface area contributed by atoms with E-state index in [0.29, 0.717) is 17.8 Å². The van der Waals surface area contributed by atoms with Crippen molar-refractivity contribution in [2.45, 2.75) is 73.8 Å². The Morgan fingerprint density at radius 2 is 2.04 bits per heavy atom. The minimum atomic E-state index is 0.130. The molecule has 3 heterocycles.